The molecule has 0 N–H and O–H groups in total. The number of carbonyl (C=O) groups is 1. The SMILES string of the molecule is C[C@@H]1C[C@@H](N=C(OC=O)c2ccccc2)c2cc(F)ccc2O1. The lowest BCUT2D eigenvalue weighted by atomic mass is 9.97. The quantitative estimate of drug-likeness (QED) is 0.493. The van der Waals surface area contributed by atoms with Crippen LogP contribution in [-0.2, 0) is 9.53 Å². The number of nitrogens with zero attached hydrogens (tertiary/aromatic N) is 1. The summed E-state index contributed by atoms with van der Waals surface area (Å²) in [7, 11) is 0. The maximum atomic E-state index is 13.6. The standard InChI is InChI=1S/C18H16FNO3/c1-12-9-16(15-10-14(19)7-8-17(15)23-12)20-18(22-11-21)13-5-3-2-4-6-13/h2-8,10-12,16H,9H2,1H3/t12-,16-/m1/s1. The van der Waals surface area contributed by atoms with Crippen molar-refractivity contribution in [3.05, 3.63) is 65.5 Å². The van der Waals surface area contributed by atoms with Crippen LogP contribution in [-0.4, -0.2) is 18.5 Å². The minimum Gasteiger partial charge on any atom is -0.490 e. The average molecular weight is 313 g/mol. The maximum Gasteiger partial charge on any atom is 0.299 e. The Morgan fingerprint density at radius 3 is 2.83 bits per heavy atom. The minimum absolute atomic E-state index is 0.0602. The molecule has 2 atom stereocenters. The first-order valence-corrected chi connectivity index (χ1v) is 7.37. The Morgan fingerprint density at radius 1 is 1.30 bits per heavy atom. The molecule has 1 aliphatic rings. The third kappa shape index (κ3) is 3.39. The van der Waals surface area contributed by atoms with Gasteiger partial charge in [-0.3, -0.25) is 4.79 Å². The zero-order valence-electron chi connectivity index (χ0n) is 12.6. The highest BCUT2D eigenvalue weighted by Crippen LogP contribution is 2.37. The first-order chi connectivity index (χ1) is 11.2. The van der Waals surface area contributed by atoms with Gasteiger partial charge in [0.25, 0.3) is 6.47 Å². The number of rotatable bonds is 3. The molecule has 118 valence electrons. The van der Waals surface area contributed by atoms with Gasteiger partial charge in [0, 0.05) is 17.5 Å². The van der Waals surface area contributed by atoms with Crippen LogP contribution in [0.4, 0.5) is 4.39 Å². The molecule has 4 nitrogen and oxygen atoms in total. The van der Waals surface area contributed by atoms with Crippen molar-refractivity contribution in [3.63, 3.8) is 0 Å². The summed E-state index contributed by atoms with van der Waals surface area (Å²) in [4.78, 5) is 15.4. The lowest BCUT2D eigenvalue weighted by molar-refractivity contribution is -0.121. The van der Waals surface area contributed by atoms with E-state index in [4.69, 9.17) is 9.47 Å². The van der Waals surface area contributed by atoms with E-state index in [2.05, 4.69) is 4.99 Å². The van der Waals surface area contributed by atoms with Gasteiger partial charge in [0.1, 0.15) is 11.6 Å². The van der Waals surface area contributed by atoms with Crippen molar-refractivity contribution in [1.29, 1.82) is 0 Å². The summed E-state index contributed by atoms with van der Waals surface area (Å²) >= 11 is 0. The molecule has 0 amide bonds. The molecule has 0 bridgehead atoms. The third-order valence-electron chi connectivity index (χ3n) is 3.67. The van der Waals surface area contributed by atoms with Crippen LogP contribution >= 0.6 is 0 Å². The summed E-state index contributed by atoms with van der Waals surface area (Å²) in [5, 5.41) is 0. The Balaban J connectivity index is 2.02. The van der Waals surface area contributed by atoms with Gasteiger partial charge in [-0.2, -0.15) is 0 Å². The number of hydrogen-bond donors (Lipinski definition) is 0. The van der Waals surface area contributed by atoms with E-state index in [0.717, 1.165) is 0 Å². The van der Waals surface area contributed by atoms with Gasteiger partial charge in [0.05, 0.1) is 12.1 Å². The molecule has 2 aromatic rings. The molecule has 1 heterocycles. The minimum atomic E-state index is -0.348. The molecule has 0 fully saturated rings. The maximum absolute atomic E-state index is 13.6. The van der Waals surface area contributed by atoms with Crippen molar-refractivity contribution in [1.82, 2.24) is 0 Å². The number of benzene rings is 2. The van der Waals surface area contributed by atoms with E-state index in [1.807, 2.05) is 25.1 Å². The fourth-order valence-electron chi connectivity index (χ4n) is 2.66. The second-order valence-corrected chi connectivity index (χ2v) is 5.38. The van der Waals surface area contributed by atoms with Crippen LogP contribution in [0, 0.1) is 5.82 Å². The van der Waals surface area contributed by atoms with E-state index in [1.165, 1.54) is 12.1 Å². The first kappa shape index (κ1) is 15.2. The Labute approximate surface area is 133 Å². The zero-order valence-corrected chi connectivity index (χ0v) is 12.6. The van der Waals surface area contributed by atoms with Gasteiger partial charge in [0.15, 0.2) is 0 Å². The van der Waals surface area contributed by atoms with E-state index < -0.39 is 0 Å². The molecule has 0 saturated carbocycles. The molecule has 3 rings (SSSR count). The Hall–Kier alpha value is -2.69. The van der Waals surface area contributed by atoms with E-state index >= 15 is 0 Å². The first-order valence-electron chi connectivity index (χ1n) is 7.37. The van der Waals surface area contributed by atoms with Crippen molar-refractivity contribution in [2.75, 3.05) is 0 Å². The molecule has 0 aromatic heterocycles. The van der Waals surface area contributed by atoms with E-state index in [1.54, 1.807) is 18.2 Å². The average Bonchev–Trinajstić information content (AvgIpc) is 2.56. The van der Waals surface area contributed by atoms with Crippen LogP contribution in [0.25, 0.3) is 0 Å². The number of hydrogen-bond acceptors (Lipinski definition) is 4. The molecule has 0 aliphatic carbocycles. The van der Waals surface area contributed by atoms with Crippen molar-refractivity contribution in [2.45, 2.75) is 25.5 Å². The predicted octanol–water partition coefficient (Wildman–Crippen LogP) is 3.66. The second kappa shape index (κ2) is 6.60. The molecule has 0 radical (unpaired) electrons. The van der Waals surface area contributed by atoms with Crippen molar-refractivity contribution < 1.29 is 18.7 Å². The summed E-state index contributed by atoms with van der Waals surface area (Å²) in [6.07, 6.45) is 0.518. The zero-order chi connectivity index (χ0) is 16.2. The van der Waals surface area contributed by atoms with Crippen molar-refractivity contribution >= 4 is 12.4 Å². The van der Waals surface area contributed by atoms with Gasteiger partial charge in [0.2, 0.25) is 5.90 Å². The van der Waals surface area contributed by atoms with Crippen LogP contribution in [0.3, 0.4) is 0 Å². The fourth-order valence-corrected chi connectivity index (χ4v) is 2.66. The number of fused-ring (bicyclic) bond motifs is 1. The highest BCUT2D eigenvalue weighted by Gasteiger charge is 2.27. The molecule has 2 aromatic carbocycles. The normalized spacial score (nSPS) is 20.3. The van der Waals surface area contributed by atoms with Crippen LogP contribution in [0.15, 0.2) is 53.5 Å². The van der Waals surface area contributed by atoms with Crippen molar-refractivity contribution in [2.24, 2.45) is 4.99 Å². The van der Waals surface area contributed by atoms with Crippen LogP contribution in [0.5, 0.6) is 5.75 Å². The molecular weight excluding hydrogens is 297 g/mol. The van der Waals surface area contributed by atoms with Gasteiger partial charge in [-0.15, -0.1) is 0 Å². The monoisotopic (exact) mass is 313 g/mol. The van der Waals surface area contributed by atoms with E-state index in [-0.39, 0.29) is 23.9 Å². The largest absolute Gasteiger partial charge is 0.490 e. The number of ether oxygens (including phenoxy) is 2. The lowest BCUT2D eigenvalue weighted by Gasteiger charge is -2.28. The van der Waals surface area contributed by atoms with Crippen LogP contribution in [0.1, 0.15) is 30.5 Å². The number of carbonyl (C=O) groups excluding carboxylic acids is 1. The molecular formula is C18H16FNO3. The van der Waals surface area contributed by atoms with Gasteiger partial charge in [-0.25, -0.2) is 9.38 Å². The summed E-state index contributed by atoms with van der Waals surface area (Å²) in [5.41, 5.74) is 1.35. The molecule has 0 spiro atoms. The molecule has 0 saturated heterocycles. The number of halogens is 1. The van der Waals surface area contributed by atoms with E-state index in [9.17, 15) is 9.18 Å². The van der Waals surface area contributed by atoms with Crippen molar-refractivity contribution in [3.8, 4) is 5.75 Å². The Morgan fingerprint density at radius 2 is 2.09 bits per heavy atom. The van der Waals surface area contributed by atoms with Gasteiger partial charge in [-0.05, 0) is 37.3 Å². The molecule has 23 heavy (non-hydrogen) atoms. The Bertz CT molecular complexity index is 730. The molecule has 5 heteroatoms. The highest BCUT2D eigenvalue weighted by molar-refractivity contribution is 5.97. The number of aliphatic imine (C=N–C) groups is 1. The van der Waals surface area contributed by atoms with Crippen LogP contribution < -0.4 is 4.74 Å². The molecule has 1 aliphatic heterocycles. The van der Waals surface area contributed by atoms with Gasteiger partial charge >= 0.3 is 0 Å². The fraction of sp³-hybridized carbons (Fsp3) is 0.222. The van der Waals surface area contributed by atoms with Gasteiger partial charge < -0.3 is 9.47 Å². The Kier molecular flexibility index (Phi) is 4.37. The smallest absolute Gasteiger partial charge is 0.299 e. The molecule has 0 unspecified atom stereocenters. The van der Waals surface area contributed by atoms with Gasteiger partial charge in [-0.1, -0.05) is 18.2 Å². The summed E-state index contributed by atoms with van der Waals surface area (Å²) in [5.74, 6) is 0.479. The highest BCUT2D eigenvalue weighted by atomic mass is 19.1. The van der Waals surface area contributed by atoms with E-state index in [0.29, 0.717) is 29.8 Å². The van der Waals surface area contributed by atoms with Crippen LogP contribution in [0.2, 0.25) is 0 Å². The summed E-state index contributed by atoms with van der Waals surface area (Å²) in [6, 6.07) is 13.2. The summed E-state index contributed by atoms with van der Waals surface area (Å²) in [6.45, 7) is 2.28. The third-order valence-corrected chi connectivity index (χ3v) is 3.67. The summed E-state index contributed by atoms with van der Waals surface area (Å²) < 4.78 is 24.3. The lowest BCUT2D eigenvalue weighted by Crippen LogP contribution is -2.23. The predicted molar refractivity (Wildman–Crippen MR) is 84.0 cm³/mol. The second-order valence-electron chi connectivity index (χ2n) is 5.38. The topological polar surface area (TPSA) is 47.9 Å².